The molecule has 0 amide bonds. The molecule has 0 bridgehead atoms. The molecule has 0 radical (unpaired) electrons. The van der Waals surface area contributed by atoms with Crippen LogP contribution in [0.5, 0.6) is 0 Å². The zero-order valence-corrected chi connectivity index (χ0v) is 43.9. The number of esters is 1. The largest absolute Gasteiger partial charge is 0.457 e. The lowest BCUT2D eigenvalue weighted by Gasteiger charge is -2.39. The number of hydrogen-bond acceptors (Lipinski definition) is 9. The van der Waals surface area contributed by atoms with Crippen LogP contribution in [-0.2, 0) is 23.7 Å². The quantitative estimate of drug-likeness (QED) is 0.0267. The highest BCUT2D eigenvalue weighted by Crippen LogP contribution is 2.23. The zero-order chi connectivity index (χ0) is 48.5. The summed E-state index contributed by atoms with van der Waals surface area (Å²) in [5.74, 6) is -0.307. The van der Waals surface area contributed by atoms with Gasteiger partial charge in [0.05, 0.1) is 19.8 Å². The minimum absolute atomic E-state index is 0.110. The Morgan fingerprint density at radius 1 is 0.478 bits per heavy atom. The van der Waals surface area contributed by atoms with Crippen LogP contribution in [0.25, 0.3) is 0 Å². The number of carbonyl (C=O) groups is 1. The highest BCUT2D eigenvalue weighted by Gasteiger charge is 2.44. The highest BCUT2D eigenvalue weighted by atomic mass is 16.7. The molecule has 0 aliphatic carbocycles. The van der Waals surface area contributed by atoms with Crippen LogP contribution in [0.1, 0.15) is 277 Å². The second kappa shape index (κ2) is 49.6. The molecule has 9 nitrogen and oxygen atoms in total. The molecule has 0 aromatic rings. The molecule has 0 spiro atoms. The highest BCUT2D eigenvalue weighted by molar-refractivity contribution is 5.69. The molecular weight excluding hydrogens is 841 g/mol. The predicted octanol–water partition coefficient (Wildman–Crippen LogP) is 14.9. The van der Waals surface area contributed by atoms with Crippen molar-refractivity contribution in [1.29, 1.82) is 0 Å². The van der Waals surface area contributed by atoms with Gasteiger partial charge in [0.1, 0.15) is 30.5 Å². The normalized spacial score (nSPS) is 19.3. The fourth-order valence-corrected chi connectivity index (χ4v) is 9.11. The number of allylic oxidation sites excluding steroid dienone is 4. The Kier molecular flexibility index (Phi) is 47.2. The summed E-state index contributed by atoms with van der Waals surface area (Å²) >= 11 is 0. The van der Waals surface area contributed by atoms with Gasteiger partial charge >= 0.3 is 5.97 Å². The smallest absolute Gasteiger partial charge is 0.306 e. The summed E-state index contributed by atoms with van der Waals surface area (Å²) in [5, 5.41) is 40.3. The van der Waals surface area contributed by atoms with Crippen molar-refractivity contribution in [1.82, 2.24) is 0 Å². The Balaban J connectivity index is 2.14. The summed E-state index contributed by atoms with van der Waals surface area (Å²) in [4.78, 5) is 12.9. The molecule has 1 saturated heterocycles. The Morgan fingerprint density at radius 3 is 1.31 bits per heavy atom. The second-order valence-electron chi connectivity index (χ2n) is 20.1. The van der Waals surface area contributed by atoms with Crippen molar-refractivity contribution < 1.29 is 44.2 Å². The minimum atomic E-state index is -1.54. The molecule has 1 heterocycles. The van der Waals surface area contributed by atoms with E-state index in [1.165, 1.54) is 218 Å². The van der Waals surface area contributed by atoms with Gasteiger partial charge in [-0.1, -0.05) is 250 Å². The van der Waals surface area contributed by atoms with Crippen molar-refractivity contribution >= 4 is 5.97 Å². The number of unbranched alkanes of at least 4 members (excludes halogenated alkanes) is 36. The van der Waals surface area contributed by atoms with Crippen LogP contribution in [0.3, 0.4) is 0 Å². The van der Waals surface area contributed by atoms with Crippen molar-refractivity contribution in [3.8, 4) is 0 Å². The van der Waals surface area contributed by atoms with E-state index >= 15 is 0 Å². The summed E-state index contributed by atoms with van der Waals surface area (Å²) < 4.78 is 23.0. The molecular formula is C58H110O9. The first kappa shape index (κ1) is 63.7. The third kappa shape index (κ3) is 40.0. The van der Waals surface area contributed by atoms with Crippen molar-refractivity contribution in [2.24, 2.45) is 0 Å². The Morgan fingerprint density at radius 2 is 0.866 bits per heavy atom. The summed E-state index contributed by atoms with van der Waals surface area (Å²) in [6.45, 7) is 4.59. The third-order valence-electron chi connectivity index (χ3n) is 13.6. The average molecular weight is 952 g/mol. The van der Waals surface area contributed by atoms with Crippen LogP contribution >= 0.6 is 0 Å². The first-order valence-corrected chi connectivity index (χ1v) is 28.9. The Hall–Kier alpha value is -1.33. The number of hydrogen-bond donors (Lipinski definition) is 4. The molecule has 0 aromatic carbocycles. The van der Waals surface area contributed by atoms with E-state index in [0.29, 0.717) is 13.0 Å². The lowest BCUT2D eigenvalue weighted by Crippen LogP contribution is -2.59. The van der Waals surface area contributed by atoms with E-state index in [-0.39, 0.29) is 19.2 Å². The van der Waals surface area contributed by atoms with Crippen LogP contribution in [-0.4, -0.2) is 89.6 Å². The molecule has 1 aliphatic rings. The average Bonchev–Trinajstić information content (AvgIpc) is 3.33. The molecule has 1 rings (SSSR count). The van der Waals surface area contributed by atoms with Gasteiger partial charge in [-0.3, -0.25) is 4.79 Å². The molecule has 396 valence electrons. The zero-order valence-electron chi connectivity index (χ0n) is 43.9. The summed E-state index contributed by atoms with van der Waals surface area (Å²) in [5.41, 5.74) is 0. The van der Waals surface area contributed by atoms with Crippen molar-refractivity contribution in [3.05, 3.63) is 24.3 Å². The molecule has 0 aromatic heterocycles. The molecule has 9 heteroatoms. The maximum absolute atomic E-state index is 12.9. The minimum Gasteiger partial charge on any atom is -0.457 e. The van der Waals surface area contributed by atoms with Gasteiger partial charge in [0.25, 0.3) is 0 Å². The van der Waals surface area contributed by atoms with Crippen molar-refractivity contribution in [2.45, 2.75) is 314 Å². The monoisotopic (exact) mass is 951 g/mol. The summed E-state index contributed by atoms with van der Waals surface area (Å²) in [6, 6.07) is 0. The predicted molar refractivity (Wildman–Crippen MR) is 279 cm³/mol. The summed E-state index contributed by atoms with van der Waals surface area (Å²) in [6.07, 6.45) is 53.7. The number of rotatable bonds is 51. The van der Waals surface area contributed by atoms with Gasteiger partial charge in [-0.05, 0) is 44.9 Å². The topological polar surface area (TPSA) is 135 Å². The van der Waals surface area contributed by atoms with Gasteiger partial charge < -0.3 is 39.4 Å². The first-order chi connectivity index (χ1) is 32.9. The van der Waals surface area contributed by atoms with E-state index in [4.69, 9.17) is 18.9 Å². The van der Waals surface area contributed by atoms with Gasteiger partial charge in [0.2, 0.25) is 0 Å². The number of ether oxygens (including phenoxy) is 4. The lowest BCUT2D eigenvalue weighted by molar-refractivity contribution is -0.305. The van der Waals surface area contributed by atoms with E-state index in [1.807, 2.05) is 0 Å². The van der Waals surface area contributed by atoms with E-state index in [9.17, 15) is 25.2 Å². The van der Waals surface area contributed by atoms with E-state index in [1.54, 1.807) is 0 Å². The van der Waals surface area contributed by atoms with Crippen LogP contribution in [0.4, 0.5) is 0 Å². The van der Waals surface area contributed by atoms with E-state index in [0.717, 1.165) is 38.5 Å². The molecule has 1 fully saturated rings. The van der Waals surface area contributed by atoms with Crippen LogP contribution in [0.15, 0.2) is 24.3 Å². The van der Waals surface area contributed by atoms with Crippen LogP contribution in [0, 0.1) is 0 Å². The first-order valence-electron chi connectivity index (χ1n) is 28.9. The molecule has 1 aliphatic heterocycles. The molecule has 67 heavy (non-hydrogen) atoms. The molecule has 0 saturated carbocycles. The maximum Gasteiger partial charge on any atom is 0.306 e. The van der Waals surface area contributed by atoms with Gasteiger partial charge in [-0.15, -0.1) is 0 Å². The number of aliphatic hydroxyl groups is 4. The van der Waals surface area contributed by atoms with Crippen LogP contribution in [0.2, 0.25) is 0 Å². The SMILES string of the molecule is CCCCC/C=C\C/C=C\CCCCCCCCCCCCOCC(COC1OC(CO)C(O)C(O)C1O)OC(=O)CCCCCCCCCCCCCCCCCCCCCCCCCC. The second-order valence-corrected chi connectivity index (χ2v) is 20.1. The van der Waals surface area contributed by atoms with E-state index in [2.05, 4.69) is 38.2 Å². The fraction of sp³-hybridized carbons (Fsp3) is 0.914. The molecule has 6 atom stereocenters. The standard InChI is InChI=1S/C58H110O9/c1-3-5-7-9-11-13-15-17-19-21-23-25-26-27-28-29-31-33-35-37-39-41-43-45-47-54(60)66-52(51-65-58-57(63)56(62)55(61)53(49-59)67-58)50-64-48-46-44-42-40-38-36-34-32-30-24-22-20-18-16-14-12-10-8-6-4-2/h12,14,18,20,52-53,55-59,61-63H,3-11,13,15-17,19,21-51H2,1-2H3/b14-12-,20-18-. The van der Waals surface area contributed by atoms with Crippen molar-refractivity contribution in [3.63, 3.8) is 0 Å². The molecule has 4 N–H and O–H groups in total. The Bertz CT molecular complexity index is 1080. The third-order valence-corrected chi connectivity index (χ3v) is 13.6. The van der Waals surface area contributed by atoms with Crippen LogP contribution < -0.4 is 0 Å². The van der Waals surface area contributed by atoms with Crippen molar-refractivity contribution in [2.75, 3.05) is 26.4 Å². The number of carbonyl (C=O) groups excluding carboxylic acids is 1. The van der Waals surface area contributed by atoms with E-state index < -0.39 is 43.4 Å². The fourth-order valence-electron chi connectivity index (χ4n) is 9.11. The van der Waals surface area contributed by atoms with Gasteiger partial charge in [-0.2, -0.15) is 0 Å². The van der Waals surface area contributed by atoms with Gasteiger partial charge in [-0.25, -0.2) is 0 Å². The number of aliphatic hydroxyl groups excluding tert-OH is 4. The molecule has 6 unspecified atom stereocenters. The Labute approximate surface area is 413 Å². The van der Waals surface area contributed by atoms with Gasteiger partial charge in [0.15, 0.2) is 6.29 Å². The van der Waals surface area contributed by atoms with Gasteiger partial charge in [0, 0.05) is 13.0 Å². The summed E-state index contributed by atoms with van der Waals surface area (Å²) in [7, 11) is 0. The maximum atomic E-state index is 12.9. The lowest BCUT2D eigenvalue weighted by atomic mass is 9.99.